The van der Waals surface area contributed by atoms with Crippen LogP contribution in [0.25, 0.3) is 16.8 Å². The molecule has 1 N–H and O–H groups in total. The van der Waals surface area contributed by atoms with Crippen LogP contribution in [-0.2, 0) is 0 Å². The van der Waals surface area contributed by atoms with Gasteiger partial charge in [-0.1, -0.05) is 23.7 Å². The Labute approximate surface area is 139 Å². The van der Waals surface area contributed by atoms with Crippen LogP contribution in [0.4, 0.5) is 4.39 Å². The van der Waals surface area contributed by atoms with E-state index in [-0.39, 0.29) is 11.3 Å². The monoisotopic (exact) mass is 345 g/mol. The van der Waals surface area contributed by atoms with Crippen molar-refractivity contribution in [1.82, 2.24) is 14.8 Å². The second kappa shape index (κ2) is 6.21. The van der Waals surface area contributed by atoms with Crippen molar-refractivity contribution in [1.29, 1.82) is 0 Å². The first-order valence-electron chi connectivity index (χ1n) is 6.70. The van der Waals surface area contributed by atoms with Crippen molar-refractivity contribution in [2.75, 3.05) is 0 Å². The molecule has 8 heteroatoms. The minimum Gasteiger partial charge on any atom is -0.477 e. The lowest BCUT2D eigenvalue weighted by Crippen LogP contribution is -2.28. The molecule has 0 aliphatic rings. The van der Waals surface area contributed by atoms with E-state index in [1.807, 2.05) is 0 Å². The molecular formula is C16H9ClFN3O3. The maximum atomic E-state index is 13.3. The van der Waals surface area contributed by atoms with Gasteiger partial charge in [0.05, 0.1) is 24.3 Å². The predicted octanol–water partition coefficient (Wildman–Crippen LogP) is 2.79. The van der Waals surface area contributed by atoms with Crippen LogP contribution in [0.1, 0.15) is 10.4 Å². The average molecular weight is 346 g/mol. The van der Waals surface area contributed by atoms with Gasteiger partial charge in [0.15, 0.2) is 0 Å². The Morgan fingerprint density at radius 2 is 1.88 bits per heavy atom. The van der Waals surface area contributed by atoms with Crippen molar-refractivity contribution in [2.45, 2.75) is 0 Å². The average Bonchev–Trinajstić information content (AvgIpc) is 2.55. The van der Waals surface area contributed by atoms with Crippen molar-refractivity contribution in [2.24, 2.45) is 0 Å². The Bertz CT molecular complexity index is 987. The number of nitrogens with zero attached hydrogens (tertiary/aromatic N) is 3. The minimum atomic E-state index is -1.41. The Kier molecular flexibility index (Phi) is 4.09. The van der Waals surface area contributed by atoms with E-state index in [9.17, 15) is 19.1 Å². The van der Waals surface area contributed by atoms with Crippen LogP contribution >= 0.6 is 11.6 Å². The zero-order valence-corrected chi connectivity index (χ0v) is 12.7. The molecule has 0 radical (unpaired) electrons. The molecule has 3 aromatic rings. The van der Waals surface area contributed by atoms with Gasteiger partial charge in [0.2, 0.25) is 0 Å². The van der Waals surface area contributed by atoms with E-state index < -0.39 is 22.9 Å². The number of carboxylic acids is 1. The first-order chi connectivity index (χ1) is 11.5. The number of rotatable bonds is 3. The lowest BCUT2D eigenvalue weighted by atomic mass is 10.0. The Morgan fingerprint density at radius 1 is 1.17 bits per heavy atom. The molecule has 3 rings (SSSR count). The van der Waals surface area contributed by atoms with Gasteiger partial charge in [0, 0.05) is 16.7 Å². The molecule has 0 spiro atoms. The van der Waals surface area contributed by atoms with Crippen LogP contribution in [0.15, 0.2) is 53.7 Å². The van der Waals surface area contributed by atoms with Crippen LogP contribution in [0.2, 0.25) is 5.02 Å². The van der Waals surface area contributed by atoms with Crippen molar-refractivity contribution in [3.05, 3.63) is 75.7 Å². The summed E-state index contributed by atoms with van der Waals surface area (Å²) < 4.78 is 14.1. The Hall–Kier alpha value is -3.06. The number of carbonyl (C=O) groups is 1. The molecule has 0 atom stereocenters. The summed E-state index contributed by atoms with van der Waals surface area (Å²) in [6.45, 7) is 0. The van der Waals surface area contributed by atoms with Crippen molar-refractivity contribution >= 4 is 17.6 Å². The molecule has 0 aliphatic carbocycles. The summed E-state index contributed by atoms with van der Waals surface area (Å²) in [6, 6.07) is 7.35. The van der Waals surface area contributed by atoms with E-state index >= 15 is 0 Å². The number of carboxylic acid groups (broad SMARTS) is 1. The van der Waals surface area contributed by atoms with Crippen molar-refractivity contribution in [3.63, 3.8) is 0 Å². The van der Waals surface area contributed by atoms with E-state index in [0.717, 1.165) is 16.9 Å². The van der Waals surface area contributed by atoms with E-state index in [4.69, 9.17) is 11.6 Å². The number of hydrogen-bond acceptors (Lipinski definition) is 4. The molecule has 0 fully saturated rings. The van der Waals surface area contributed by atoms with Gasteiger partial charge in [-0.15, -0.1) is 0 Å². The van der Waals surface area contributed by atoms with Crippen LogP contribution < -0.4 is 5.56 Å². The topological polar surface area (TPSA) is 85.1 Å². The zero-order chi connectivity index (χ0) is 17.3. The Morgan fingerprint density at radius 3 is 2.50 bits per heavy atom. The maximum absolute atomic E-state index is 13.3. The van der Waals surface area contributed by atoms with Gasteiger partial charge >= 0.3 is 5.97 Å². The molecule has 0 aliphatic heterocycles. The quantitative estimate of drug-likeness (QED) is 0.789. The highest BCUT2D eigenvalue weighted by Gasteiger charge is 2.20. The zero-order valence-electron chi connectivity index (χ0n) is 12.0. The molecule has 120 valence electrons. The summed E-state index contributed by atoms with van der Waals surface area (Å²) in [5.74, 6) is -2.08. The highest BCUT2D eigenvalue weighted by molar-refractivity contribution is 6.30. The lowest BCUT2D eigenvalue weighted by molar-refractivity contribution is 0.0695. The van der Waals surface area contributed by atoms with Crippen LogP contribution in [-0.4, -0.2) is 25.8 Å². The molecule has 0 amide bonds. The normalized spacial score (nSPS) is 10.6. The standard InChI is InChI=1S/C16H9ClFN3O3/c17-10-3-1-9(2-4-10)13-8-20-21(15(22)14(13)16(23)24)12-5-11(18)6-19-7-12/h1-8H,(H,23,24). The summed E-state index contributed by atoms with van der Waals surface area (Å²) in [4.78, 5) is 27.7. The molecule has 1 aromatic carbocycles. The molecule has 0 saturated carbocycles. The molecule has 0 saturated heterocycles. The molecule has 2 aromatic heterocycles. The summed E-state index contributed by atoms with van der Waals surface area (Å²) in [6.07, 6.45) is 3.42. The van der Waals surface area contributed by atoms with Gasteiger partial charge < -0.3 is 5.11 Å². The third-order valence-corrected chi connectivity index (χ3v) is 3.53. The molecule has 2 heterocycles. The summed E-state index contributed by atoms with van der Waals surface area (Å²) in [7, 11) is 0. The minimum absolute atomic E-state index is 0.0326. The van der Waals surface area contributed by atoms with E-state index in [0.29, 0.717) is 10.6 Å². The third-order valence-electron chi connectivity index (χ3n) is 3.28. The number of benzene rings is 1. The predicted molar refractivity (Wildman–Crippen MR) is 85.0 cm³/mol. The summed E-state index contributed by atoms with van der Waals surface area (Å²) in [5.41, 5.74) is -0.709. The van der Waals surface area contributed by atoms with Gasteiger partial charge in [-0.05, 0) is 17.7 Å². The van der Waals surface area contributed by atoms with Gasteiger partial charge in [-0.25, -0.2) is 9.18 Å². The number of aromatic nitrogens is 3. The van der Waals surface area contributed by atoms with E-state index in [1.165, 1.54) is 12.4 Å². The second-order valence-corrected chi connectivity index (χ2v) is 5.26. The SMILES string of the molecule is O=C(O)c1c(-c2ccc(Cl)cc2)cnn(-c2cncc(F)c2)c1=O. The van der Waals surface area contributed by atoms with E-state index in [2.05, 4.69) is 10.1 Å². The molecule has 0 unspecified atom stereocenters. The maximum Gasteiger partial charge on any atom is 0.342 e. The number of pyridine rings is 1. The number of aromatic carboxylic acids is 1. The lowest BCUT2D eigenvalue weighted by Gasteiger charge is -2.09. The molecule has 0 bridgehead atoms. The fourth-order valence-corrected chi connectivity index (χ4v) is 2.33. The fraction of sp³-hybridized carbons (Fsp3) is 0. The Balaban J connectivity index is 2.24. The van der Waals surface area contributed by atoms with Gasteiger partial charge in [0.1, 0.15) is 11.4 Å². The van der Waals surface area contributed by atoms with Gasteiger partial charge in [0.25, 0.3) is 5.56 Å². The first kappa shape index (κ1) is 15.8. The molecule has 24 heavy (non-hydrogen) atoms. The highest BCUT2D eigenvalue weighted by atomic mass is 35.5. The van der Waals surface area contributed by atoms with Gasteiger partial charge in [-0.3, -0.25) is 9.78 Å². The number of halogens is 2. The van der Waals surface area contributed by atoms with Gasteiger partial charge in [-0.2, -0.15) is 9.78 Å². The van der Waals surface area contributed by atoms with Crippen LogP contribution in [0.5, 0.6) is 0 Å². The molecular weight excluding hydrogens is 337 g/mol. The summed E-state index contributed by atoms with van der Waals surface area (Å²) in [5, 5.41) is 13.8. The van der Waals surface area contributed by atoms with Crippen molar-refractivity contribution < 1.29 is 14.3 Å². The highest BCUT2D eigenvalue weighted by Crippen LogP contribution is 2.23. The van der Waals surface area contributed by atoms with Crippen LogP contribution in [0.3, 0.4) is 0 Å². The van der Waals surface area contributed by atoms with Crippen molar-refractivity contribution in [3.8, 4) is 16.8 Å². The third kappa shape index (κ3) is 2.89. The fourth-order valence-electron chi connectivity index (χ4n) is 2.21. The van der Waals surface area contributed by atoms with Crippen LogP contribution in [0, 0.1) is 5.82 Å². The largest absolute Gasteiger partial charge is 0.477 e. The van der Waals surface area contributed by atoms with E-state index in [1.54, 1.807) is 24.3 Å². The summed E-state index contributed by atoms with van der Waals surface area (Å²) >= 11 is 5.81. The number of hydrogen-bond donors (Lipinski definition) is 1. The second-order valence-electron chi connectivity index (χ2n) is 4.82. The smallest absolute Gasteiger partial charge is 0.342 e. The molecule has 6 nitrogen and oxygen atoms in total. The first-order valence-corrected chi connectivity index (χ1v) is 7.07.